The van der Waals surface area contributed by atoms with Crippen LogP contribution < -0.4 is 8.70 Å². The number of aryl methyl sites for hydroxylation is 2. The molecule has 2 aromatic carbocycles. The van der Waals surface area contributed by atoms with Crippen molar-refractivity contribution in [2.75, 3.05) is 0 Å². The Kier molecular flexibility index (Phi) is 5.33. The Labute approximate surface area is 133 Å². The van der Waals surface area contributed by atoms with Crippen molar-refractivity contribution in [3.05, 3.63) is 59.7 Å². The molecule has 0 spiro atoms. The summed E-state index contributed by atoms with van der Waals surface area (Å²) in [5.74, 6) is 0.777. The number of hydrogen-bond donors (Lipinski definition) is 0. The fourth-order valence-corrected chi connectivity index (χ4v) is 12.2. The number of hydrogen-bond acceptors (Lipinski definition) is 0. The Hall–Kier alpha value is -1.00. The van der Waals surface area contributed by atoms with Gasteiger partial charge in [-0.15, -0.1) is 0 Å². The zero-order valence-corrected chi connectivity index (χ0v) is 15.9. The van der Waals surface area contributed by atoms with E-state index in [1.165, 1.54) is 22.8 Å². The molecule has 0 aliphatic carbocycles. The number of rotatable bonds is 5. The summed E-state index contributed by atoms with van der Waals surface area (Å²) in [7, 11) is 0. The second-order valence-electron chi connectivity index (χ2n) is 6.67. The third-order valence-electron chi connectivity index (χ3n) is 4.45. The third kappa shape index (κ3) is 3.61. The van der Waals surface area contributed by atoms with E-state index in [0.29, 0.717) is 0 Å². The first-order chi connectivity index (χ1) is 9.95. The Bertz CT molecular complexity index is 553. The molecule has 0 radical (unpaired) electrons. The van der Waals surface area contributed by atoms with Crippen LogP contribution in [0.5, 0.6) is 0 Å². The summed E-state index contributed by atoms with van der Waals surface area (Å²) in [6.07, 6.45) is 1.33. The molecule has 0 nitrogen and oxygen atoms in total. The monoisotopic (exact) mass is 343 g/mol. The van der Waals surface area contributed by atoms with Crippen LogP contribution in [0.15, 0.2) is 48.5 Å². The first kappa shape index (κ1) is 16.4. The van der Waals surface area contributed by atoms with Gasteiger partial charge < -0.3 is 0 Å². The molecule has 0 saturated heterocycles. The van der Waals surface area contributed by atoms with Gasteiger partial charge in [-0.3, -0.25) is 0 Å². The van der Waals surface area contributed by atoms with Crippen molar-refractivity contribution in [2.45, 2.75) is 45.0 Å². The van der Waals surface area contributed by atoms with Crippen LogP contribution in [0.2, 0.25) is 10.9 Å². The third-order valence-corrected chi connectivity index (χ3v) is 13.4. The average molecular weight is 343 g/mol. The van der Waals surface area contributed by atoms with Gasteiger partial charge in [0.15, 0.2) is 0 Å². The summed E-state index contributed by atoms with van der Waals surface area (Å²) in [6.45, 7) is 9.25. The van der Waals surface area contributed by atoms with E-state index in [9.17, 15) is 0 Å². The van der Waals surface area contributed by atoms with Crippen LogP contribution >= 0.6 is 0 Å². The summed E-state index contributed by atoms with van der Waals surface area (Å²) in [5, 5.41) is 1.37. The molecule has 1 heteroatoms. The Morgan fingerprint density at radius 1 is 0.810 bits per heavy atom. The van der Waals surface area contributed by atoms with Crippen LogP contribution in [0.1, 0.15) is 31.4 Å². The topological polar surface area (TPSA) is 0 Å². The zero-order chi connectivity index (χ0) is 15.5. The molecule has 112 valence electrons. The van der Waals surface area contributed by atoms with Crippen LogP contribution in [0.25, 0.3) is 0 Å². The molecule has 0 N–H and O–H groups in total. The molecular formula is C20H28As+. The van der Waals surface area contributed by atoms with Crippen molar-refractivity contribution in [3.8, 4) is 0 Å². The number of benzene rings is 2. The molecule has 0 amide bonds. The summed E-state index contributed by atoms with van der Waals surface area (Å²) in [4.78, 5) is 0. The Balaban J connectivity index is 2.55. The van der Waals surface area contributed by atoms with Crippen molar-refractivity contribution in [1.82, 2.24) is 0 Å². The average Bonchev–Trinajstić information content (AvgIpc) is 2.46. The van der Waals surface area contributed by atoms with Crippen LogP contribution in [0.4, 0.5) is 0 Å². The molecule has 0 atom stereocenters. The van der Waals surface area contributed by atoms with Gasteiger partial charge >= 0.3 is 133 Å². The van der Waals surface area contributed by atoms with Gasteiger partial charge in [-0.1, -0.05) is 0 Å². The predicted octanol–water partition coefficient (Wildman–Crippen LogP) is 4.54. The molecule has 0 fully saturated rings. The van der Waals surface area contributed by atoms with Crippen molar-refractivity contribution in [2.24, 2.45) is 5.92 Å². The molecule has 0 unspecified atom stereocenters. The van der Waals surface area contributed by atoms with E-state index < -0.39 is 13.6 Å². The second-order valence-corrected chi connectivity index (χ2v) is 14.6. The van der Waals surface area contributed by atoms with Gasteiger partial charge in [-0.05, 0) is 0 Å². The fraction of sp³-hybridized carbons (Fsp3) is 0.400. The fourth-order valence-electron chi connectivity index (χ4n) is 3.12. The summed E-state index contributed by atoms with van der Waals surface area (Å²) >= 11 is -2.07. The van der Waals surface area contributed by atoms with Crippen molar-refractivity contribution >= 4 is 22.3 Å². The Morgan fingerprint density at radius 3 is 1.62 bits per heavy atom. The van der Waals surface area contributed by atoms with E-state index in [1.807, 2.05) is 0 Å². The molecule has 2 rings (SSSR count). The van der Waals surface area contributed by atoms with E-state index in [2.05, 4.69) is 81.9 Å². The molecule has 2 aromatic rings. The molecule has 0 saturated carbocycles. The molecule has 0 aliphatic rings. The molecule has 0 heterocycles. The van der Waals surface area contributed by atoms with E-state index in [4.69, 9.17) is 0 Å². The van der Waals surface area contributed by atoms with Gasteiger partial charge in [0.2, 0.25) is 0 Å². The van der Waals surface area contributed by atoms with Gasteiger partial charge in [0.1, 0.15) is 0 Å². The van der Waals surface area contributed by atoms with Crippen molar-refractivity contribution < 1.29 is 0 Å². The van der Waals surface area contributed by atoms with Gasteiger partial charge in [0.05, 0.1) is 0 Å². The van der Waals surface area contributed by atoms with E-state index >= 15 is 0 Å². The molecular weight excluding hydrogens is 315 g/mol. The first-order valence-electron chi connectivity index (χ1n) is 7.93. The van der Waals surface area contributed by atoms with E-state index in [0.717, 1.165) is 5.92 Å². The summed E-state index contributed by atoms with van der Waals surface area (Å²) in [6, 6.07) is 18.1. The van der Waals surface area contributed by atoms with Gasteiger partial charge in [0, 0.05) is 0 Å². The van der Waals surface area contributed by atoms with Crippen molar-refractivity contribution in [1.29, 1.82) is 0 Å². The van der Waals surface area contributed by atoms with E-state index in [-0.39, 0.29) is 0 Å². The molecule has 21 heavy (non-hydrogen) atoms. The molecule has 0 aromatic heterocycles. The Morgan fingerprint density at radius 2 is 1.24 bits per heavy atom. The van der Waals surface area contributed by atoms with Crippen molar-refractivity contribution in [3.63, 3.8) is 0 Å². The predicted molar refractivity (Wildman–Crippen MR) is 97.5 cm³/mol. The SMILES string of the molecule is Cc1ccccc1[As+](C)(CCC(C)C)c1ccccc1C. The van der Waals surface area contributed by atoms with E-state index in [1.54, 1.807) is 8.70 Å². The summed E-state index contributed by atoms with van der Waals surface area (Å²) in [5.41, 5.74) is 5.53. The minimum absolute atomic E-state index is 0.777. The molecule has 0 bridgehead atoms. The zero-order valence-electron chi connectivity index (χ0n) is 14.1. The second kappa shape index (κ2) is 6.84. The minimum atomic E-state index is -2.07. The maximum atomic E-state index is 2.59. The molecule has 0 aliphatic heterocycles. The van der Waals surface area contributed by atoms with Crippen LogP contribution in [0.3, 0.4) is 0 Å². The van der Waals surface area contributed by atoms with Crippen LogP contribution in [-0.2, 0) is 0 Å². The maximum absolute atomic E-state index is 2.59. The van der Waals surface area contributed by atoms with Gasteiger partial charge in [0.25, 0.3) is 0 Å². The quantitative estimate of drug-likeness (QED) is 0.699. The summed E-state index contributed by atoms with van der Waals surface area (Å²) < 4.78 is 3.29. The van der Waals surface area contributed by atoms with Crippen LogP contribution in [-0.4, -0.2) is 13.6 Å². The normalized spacial score (nSPS) is 11.9. The van der Waals surface area contributed by atoms with Gasteiger partial charge in [-0.25, -0.2) is 0 Å². The van der Waals surface area contributed by atoms with Crippen LogP contribution in [0, 0.1) is 19.8 Å². The first-order valence-corrected chi connectivity index (χ1v) is 13.0. The standard InChI is InChI=1S/C20H28As/c1-16(2)14-15-21(5,19-12-8-6-10-17(19)3)20-13-9-7-11-18(20)4/h6-13,16H,14-15H2,1-5H3/q+1. The van der Waals surface area contributed by atoms with Gasteiger partial charge in [-0.2, -0.15) is 0 Å².